The van der Waals surface area contributed by atoms with Gasteiger partial charge >= 0.3 is 11.9 Å². The molecule has 0 aromatic carbocycles. The molecule has 10 nitrogen and oxygen atoms in total. The molecule has 0 bridgehead atoms. The highest BCUT2D eigenvalue weighted by molar-refractivity contribution is 5.77. The van der Waals surface area contributed by atoms with Gasteiger partial charge in [-0.2, -0.15) is 0 Å². The van der Waals surface area contributed by atoms with Gasteiger partial charge in [-0.3, -0.25) is 9.59 Å². The topological polar surface area (TPSA) is 130 Å². The van der Waals surface area contributed by atoms with Crippen LogP contribution in [0.5, 0.6) is 0 Å². The maximum Gasteiger partial charge on any atom is 0.329 e. The highest BCUT2D eigenvalue weighted by Gasteiger charge is 2.04. The molecule has 34 heavy (non-hydrogen) atoms. The van der Waals surface area contributed by atoms with E-state index in [2.05, 4.69) is 17.0 Å². The fourth-order valence-electron chi connectivity index (χ4n) is 2.95. The van der Waals surface area contributed by atoms with Crippen molar-refractivity contribution in [2.24, 2.45) is 0 Å². The largest absolute Gasteiger partial charge is 0.480 e. The zero-order valence-electron chi connectivity index (χ0n) is 20.9. The Balaban J connectivity index is 3.22. The van der Waals surface area contributed by atoms with E-state index in [0.29, 0.717) is 52.6 Å². The molecule has 0 spiro atoms. The van der Waals surface area contributed by atoms with Gasteiger partial charge in [-0.05, 0) is 6.42 Å². The quantitative estimate of drug-likeness (QED) is 0.139. The minimum atomic E-state index is -1.12. The molecule has 0 rings (SSSR count). The van der Waals surface area contributed by atoms with Gasteiger partial charge < -0.3 is 34.1 Å². The van der Waals surface area contributed by atoms with Crippen molar-refractivity contribution in [3.63, 3.8) is 0 Å². The molecule has 0 aromatic rings. The molecule has 2 N–H and O–H groups in total. The lowest BCUT2D eigenvalue weighted by Gasteiger charge is -2.08. The maximum absolute atomic E-state index is 11.7. The molecule has 10 heteroatoms. The number of aliphatic carboxylic acids is 1. The average Bonchev–Trinajstić information content (AvgIpc) is 2.80. The van der Waals surface area contributed by atoms with Crippen LogP contribution in [0.2, 0.25) is 0 Å². The number of carboxylic acid groups (broad SMARTS) is 1. The lowest BCUT2D eigenvalue weighted by molar-refractivity contribution is -0.146. The summed E-state index contributed by atoms with van der Waals surface area (Å²) in [4.78, 5) is 33.2. The average molecular weight is 492 g/mol. The summed E-state index contributed by atoms with van der Waals surface area (Å²) >= 11 is 0. The van der Waals surface area contributed by atoms with Crippen LogP contribution < -0.4 is 5.32 Å². The van der Waals surface area contributed by atoms with E-state index in [1.54, 1.807) is 0 Å². The van der Waals surface area contributed by atoms with Gasteiger partial charge in [0.25, 0.3) is 0 Å². The SMILES string of the molecule is CCCCCCCCCCCC(=O)OCCOCCOCCOCCNC(=O)COCC(=O)O. The van der Waals surface area contributed by atoms with Crippen molar-refractivity contribution < 1.29 is 43.2 Å². The van der Waals surface area contributed by atoms with Gasteiger partial charge in [-0.1, -0.05) is 58.3 Å². The van der Waals surface area contributed by atoms with Crippen LogP contribution in [-0.4, -0.2) is 89.0 Å². The number of carboxylic acids is 1. The molecule has 0 unspecified atom stereocenters. The fourth-order valence-corrected chi connectivity index (χ4v) is 2.95. The van der Waals surface area contributed by atoms with E-state index in [4.69, 9.17) is 24.1 Å². The molecule has 0 aromatic heterocycles. The van der Waals surface area contributed by atoms with Crippen LogP contribution in [0.15, 0.2) is 0 Å². The first-order valence-electron chi connectivity index (χ1n) is 12.5. The second kappa shape index (κ2) is 25.9. The zero-order chi connectivity index (χ0) is 25.1. The summed E-state index contributed by atoms with van der Waals surface area (Å²) in [6.07, 6.45) is 11.5. The second-order valence-electron chi connectivity index (χ2n) is 7.87. The monoisotopic (exact) mass is 491 g/mol. The highest BCUT2D eigenvalue weighted by atomic mass is 16.6. The Morgan fingerprint density at radius 3 is 1.76 bits per heavy atom. The van der Waals surface area contributed by atoms with Crippen LogP contribution in [0.3, 0.4) is 0 Å². The van der Waals surface area contributed by atoms with Crippen molar-refractivity contribution >= 4 is 17.8 Å². The maximum atomic E-state index is 11.7. The highest BCUT2D eigenvalue weighted by Crippen LogP contribution is 2.10. The Kier molecular flexibility index (Phi) is 24.5. The third-order valence-electron chi connectivity index (χ3n) is 4.75. The number of carbonyl (C=O) groups excluding carboxylic acids is 2. The summed E-state index contributed by atoms with van der Waals surface area (Å²) in [5, 5.41) is 10.9. The summed E-state index contributed by atoms with van der Waals surface area (Å²) < 4.78 is 25.8. The predicted molar refractivity (Wildman–Crippen MR) is 127 cm³/mol. The standard InChI is InChI=1S/C24H45NO9/c1-2-3-4-5-6-7-8-9-10-11-24(29)34-19-18-32-17-16-31-15-14-30-13-12-25-22(26)20-33-21-23(27)28/h2-21H2,1H3,(H,25,26)(H,27,28). The second-order valence-corrected chi connectivity index (χ2v) is 7.87. The molecule has 0 saturated heterocycles. The zero-order valence-corrected chi connectivity index (χ0v) is 20.9. The number of amides is 1. The molecule has 0 aliphatic heterocycles. The molecule has 0 saturated carbocycles. The first kappa shape index (κ1) is 32.2. The normalized spacial score (nSPS) is 10.9. The molecule has 0 atom stereocenters. The Morgan fingerprint density at radius 1 is 0.647 bits per heavy atom. The Bertz CT molecular complexity index is 503. The van der Waals surface area contributed by atoms with E-state index >= 15 is 0 Å². The predicted octanol–water partition coefficient (Wildman–Crippen LogP) is 2.72. The smallest absolute Gasteiger partial charge is 0.329 e. The Hall–Kier alpha value is -1.75. The third-order valence-corrected chi connectivity index (χ3v) is 4.75. The molecule has 0 radical (unpaired) electrons. The summed E-state index contributed by atoms with van der Waals surface area (Å²) in [6.45, 7) is 4.23. The van der Waals surface area contributed by atoms with Gasteiger partial charge in [0.2, 0.25) is 5.91 Å². The van der Waals surface area contributed by atoms with Crippen molar-refractivity contribution in [1.29, 1.82) is 0 Å². The molecule has 0 aliphatic carbocycles. The minimum Gasteiger partial charge on any atom is -0.480 e. The number of unbranched alkanes of at least 4 members (excludes halogenated alkanes) is 8. The van der Waals surface area contributed by atoms with Gasteiger partial charge in [0.05, 0.1) is 39.6 Å². The van der Waals surface area contributed by atoms with E-state index in [1.165, 1.54) is 44.9 Å². The van der Waals surface area contributed by atoms with E-state index < -0.39 is 18.5 Å². The molecule has 0 heterocycles. The van der Waals surface area contributed by atoms with Crippen molar-refractivity contribution in [1.82, 2.24) is 5.32 Å². The Morgan fingerprint density at radius 2 is 1.18 bits per heavy atom. The number of hydrogen-bond acceptors (Lipinski definition) is 8. The molecule has 0 fully saturated rings. The van der Waals surface area contributed by atoms with Crippen molar-refractivity contribution in [3.05, 3.63) is 0 Å². The van der Waals surface area contributed by atoms with Crippen LogP contribution in [-0.2, 0) is 38.1 Å². The summed E-state index contributed by atoms with van der Waals surface area (Å²) in [5.41, 5.74) is 0. The third kappa shape index (κ3) is 26.5. The number of ether oxygens (including phenoxy) is 5. The summed E-state index contributed by atoms with van der Waals surface area (Å²) in [6, 6.07) is 0. The minimum absolute atomic E-state index is 0.163. The van der Waals surface area contributed by atoms with Gasteiger partial charge in [0.15, 0.2) is 0 Å². The molecule has 0 aliphatic rings. The lowest BCUT2D eigenvalue weighted by atomic mass is 10.1. The van der Waals surface area contributed by atoms with Crippen LogP contribution in [0, 0.1) is 0 Å². The van der Waals surface area contributed by atoms with Crippen LogP contribution in [0.25, 0.3) is 0 Å². The molecule has 200 valence electrons. The van der Waals surface area contributed by atoms with E-state index in [1.807, 2.05) is 0 Å². The van der Waals surface area contributed by atoms with Gasteiger partial charge in [-0.25, -0.2) is 4.79 Å². The molecule has 1 amide bonds. The van der Waals surface area contributed by atoms with Crippen molar-refractivity contribution in [2.75, 3.05) is 66.0 Å². The number of rotatable bonds is 26. The van der Waals surface area contributed by atoms with E-state index in [-0.39, 0.29) is 19.2 Å². The molecular weight excluding hydrogens is 446 g/mol. The lowest BCUT2D eigenvalue weighted by Crippen LogP contribution is -2.31. The van der Waals surface area contributed by atoms with E-state index in [9.17, 15) is 14.4 Å². The summed E-state index contributed by atoms with van der Waals surface area (Å²) in [5.74, 6) is -1.68. The Labute approximate surface area is 204 Å². The first-order chi connectivity index (χ1) is 16.6. The van der Waals surface area contributed by atoms with Crippen molar-refractivity contribution in [3.8, 4) is 0 Å². The van der Waals surface area contributed by atoms with Crippen LogP contribution >= 0.6 is 0 Å². The van der Waals surface area contributed by atoms with Gasteiger partial charge in [0, 0.05) is 13.0 Å². The summed E-state index contributed by atoms with van der Waals surface area (Å²) in [7, 11) is 0. The van der Waals surface area contributed by atoms with Crippen LogP contribution in [0.1, 0.15) is 71.1 Å². The number of carbonyl (C=O) groups is 3. The van der Waals surface area contributed by atoms with Crippen LogP contribution in [0.4, 0.5) is 0 Å². The van der Waals surface area contributed by atoms with Gasteiger partial charge in [-0.15, -0.1) is 0 Å². The number of esters is 1. The van der Waals surface area contributed by atoms with E-state index in [0.717, 1.165) is 12.8 Å². The van der Waals surface area contributed by atoms with Gasteiger partial charge in [0.1, 0.15) is 19.8 Å². The van der Waals surface area contributed by atoms with Crippen molar-refractivity contribution in [2.45, 2.75) is 71.1 Å². The first-order valence-corrected chi connectivity index (χ1v) is 12.5. The molecular formula is C24H45NO9. The fraction of sp³-hybridized carbons (Fsp3) is 0.875. The number of hydrogen-bond donors (Lipinski definition) is 2. The number of nitrogens with one attached hydrogen (secondary N) is 1.